The van der Waals surface area contributed by atoms with E-state index < -0.39 is 0 Å². The topological polar surface area (TPSA) is 50.4 Å². The van der Waals surface area contributed by atoms with Crippen molar-refractivity contribution in [3.05, 3.63) is 29.3 Å². The first-order valence-electron chi connectivity index (χ1n) is 5.87. The Morgan fingerprint density at radius 2 is 2.35 bits per heavy atom. The lowest BCUT2D eigenvalue weighted by atomic mass is 10.1. The number of rotatable bonds is 3. The number of ether oxygens (including phenoxy) is 1. The van der Waals surface area contributed by atoms with Gasteiger partial charge in [0.25, 0.3) is 5.91 Å². The van der Waals surface area contributed by atoms with Crippen LogP contribution in [0.5, 0.6) is 5.75 Å². The fraction of sp³-hybridized carbons (Fsp3) is 0.462. The molecule has 0 aliphatic carbocycles. The van der Waals surface area contributed by atoms with Crippen LogP contribution in [-0.4, -0.2) is 32.1 Å². The summed E-state index contributed by atoms with van der Waals surface area (Å²) in [5.74, 6) is 0.778. The number of aryl methyl sites for hydroxylation is 1. The number of methoxy groups -OCH3 is 1. The van der Waals surface area contributed by atoms with Crippen molar-refractivity contribution in [2.75, 3.05) is 20.2 Å². The number of benzene rings is 1. The van der Waals surface area contributed by atoms with Gasteiger partial charge in [0.05, 0.1) is 7.11 Å². The third-order valence-corrected chi connectivity index (χ3v) is 3.07. The molecule has 92 valence electrons. The van der Waals surface area contributed by atoms with Crippen LogP contribution in [0.25, 0.3) is 0 Å². The van der Waals surface area contributed by atoms with E-state index in [1.54, 1.807) is 7.11 Å². The Hall–Kier alpha value is -1.55. The molecular weight excluding hydrogens is 216 g/mol. The van der Waals surface area contributed by atoms with Gasteiger partial charge in [0, 0.05) is 18.2 Å². The minimum absolute atomic E-state index is 0.00106. The first kappa shape index (κ1) is 11.9. The highest BCUT2D eigenvalue weighted by Gasteiger charge is 2.18. The van der Waals surface area contributed by atoms with E-state index in [9.17, 15) is 4.79 Å². The van der Waals surface area contributed by atoms with Crippen LogP contribution >= 0.6 is 0 Å². The van der Waals surface area contributed by atoms with Crippen LogP contribution < -0.4 is 15.4 Å². The zero-order valence-electron chi connectivity index (χ0n) is 10.2. The van der Waals surface area contributed by atoms with Crippen LogP contribution in [0.2, 0.25) is 0 Å². The fourth-order valence-electron chi connectivity index (χ4n) is 2.06. The molecule has 2 N–H and O–H groups in total. The van der Waals surface area contributed by atoms with Crippen LogP contribution in [-0.2, 0) is 0 Å². The molecule has 0 spiro atoms. The van der Waals surface area contributed by atoms with Gasteiger partial charge in [-0.05, 0) is 43.7 Å². The van der Waals surface area contributed by atoms with Gasteiger partial charge in [-0.3, -0.25) is 4.79 Å². The molecule has 4 heteroatoms. The Morgan fingerprint density at radius 1 is 1.53 bits per heavy atom. The van der Waals surface area contributed by atoms with Crippen LogP contribution in [0.3, 0.4) is 0 Å². The average Bonchev–Trinajstić information content (AvgIpc) is 2.81. The van der Waals surface area contributed by atoms with Crippen LogP contribution in [0.4, 0.5) is 0 Å². The first-order valence-corrected chi connectivity index (χ1v) is 5.87. The molecule has 1 aliphatic rings. The molecule has 0 aromatic heterocycles. The van der Waals surface area contributed by atoms with E-state index in [1.165, 1.54) is 0 Å². The summed E-state index contributed by atoms with van der Waals surface area (Å²) in [5, 5.41) is 6.26. The standard InChI is InChI=1S/C13H18N2O2/c1-9-7-11(17-2)3-4-12(9)13(16)15-10-5-6-14-8-10/h3-4,7,10,14H,5-6,8H2,1-2H3,(H,15,16). The van der Waals surface area contributed by atoms with E-state index in [-0.39, 0.29) is 11.9 Å². The molecule has 1 fully saturated rings. The quantitative estimate of drug-likeness (QED) is 0.823. The van der Waals surface area contributed by atoms with Gasteiger partial charge >= 0.3 is 0 Å². The molecule has 1 unspecified atom stereocenters. The largest absolute Gasteiger partial charge is 0.497 e. The Morgan fingerprint density at radius 3 is 2.94 bits per heavy atom. The molecule has 2 rings (SSSR count). The molecule has 1 atom stereocenters. The second kappa shape index (κ2) is 5.19. The maximum absolute atomic E-state index is 12.0. The van der Waals surface area contributed by atoms with Crippen LogP contribution in [0.15, 0.2) is 18.2 Å². The number of hydrogen-bond acceptors (Lipinski definition) is 3. The lowest BCUT2D eigenvalue weighted by Crippen LogP contribution is -2.36. The van der Waals surface area contributed by atoms with Gasteiger partial charge in [0.15, 0.2) is 0 Å². The van der Waals surface area contributed by atoms with Crippen molar-refractivity contribution in [1.82, 2.24) is 10.6 Å². The fourth-order valence-corrected chi connectivity index (χ4v) is 2.06. The van der Waals surface area contributed by atoms with Crippen molar-refractivity contribution in [3.63, 3.8) is 0 Å². The molecule has 0 bridgehead atoms. The smallest absolute Gasteiger partial charge is 0.251 e. The molecule has 0 radical (unpaired) electrons. The molecule has 1 amide bonds. The second-order valence-corrected chi connectivity index (χ2v) is 4.34. The minimum atomic E-state index is -0.00106. The number of hydrogen-bond donors (Lipinski definition) is 2. The minimum Gasteiger partial charge on any atom is -0.497 e. The van der Waals surface area contributed by atoms with Crippen molar-refractivity contribution < 1.29 is 9.53 Å². The molecule has 1 aromatic rings. The molecule has 1 aliphatic heterocycles. The number of carbonyl (C=O) groups excluding carboxylic acids is 1. The lowest BCUT2D eigenvalue weighted by Gasteiger charge is -2.13. The summed E-state index contributed by atoms with van der Waals surface area (Å²) < 4.78 is 5.12. The molecule has 4 nitrogen and oxygen atoms in total. The van der Waals surface area contributed by atoms with Crippen molar-refractivity contribution in [2.45, 2.75) is 19.4 Å². The van der Waals surface area contributed by atoms with Crippen LogP contribution in [0.1, 0.15) is 22.3 Å². The highest BCUT2D eigenvalue weighted by molar-refractivity contribution is 5.96. The second-order valence-electron chi connectivity index (χ2n) is 4.34. The zero-order valence-corrected chi connectivity index (χ0v) is 10.2. The van der Waals surface area contributed by atoms with E-state index in [0.717, 1.165) is 36.4 Å². The Kier molecular flexibility index (Phi) is 3.64. The van der Waals surface area contributed by atoms with E-state index in [1.807, 2.05) is 25.1 Å². The van der Waals surface area contributed by atoms with E-state index in [0.29, 0.717) is 0 Å². The van der Waals surface area contributed by atoms with Gasteiger partial charge in [0.1, 0.15) is 5.75 Å². The maximum atomic E-state index is 12.0. The van der Waals surface area contributed by atoms with E-state index in [4.69, 9.17) is 4.74 Å². The SMILES string of the molecule is COc1ccc(C(=O)NC2CCNC2)c(C)c1. The van der Waals surface area contributed by atoms with E-state index in [2.05, 4.69) is 10.6 Å². The highest BCUT2D eigenvalue weighted by Crippen LogP contribution is 2.17. The molecule has 17 heavy (non-hydrogen) atoms. The molecule has 1 saturated heterocycles. The Balaban J connectivity index is 2.07. The summed E-state index contributed by atoms with van der Waals surface area (Å²) in [6, 6.07) is 5.76. The molecular formula is C13H18N2O2. The summed E-state index contributed by atoms with van der Waals surface area (Å²) in [4.78, 5) is 12.0. The molecule has 0 saturated carbocycles. The van der Waals surface area contributed by atoms with Crippen molar-refractivity contribution >= 4 is 5.91 Å². The normalized spacial score (nSPS) is 19.1. The van der Waals surface area contributed by atoms with Crippen molar-refractivity contribution in [1.29, 1.82) is 0 Å². The highest BCUT2D eigenvalue weighted by atomic mass is 16.5. The van der Waals surface area contributed by atoms with Gasteiger partial charge in [-0.2, -0.15) is 0 Å². The number of carbonyl (C=O) groups is 1. The molecule has 1 aromatic carbocycles. The van der Waals surface area contributed by atoms with Gasteiger partial charge in [-0.15, -0.1) is 0 Å². The third-order valence-electron chi connectivity index (χ3n) is 3.07. The lowest BCUT2D eigenvalue weighted by molar-refractivity contribution is 0.0939. The van der Waals surface area contributed by atoms with Crippen molar-refractivity contribution in [2.24, 2.45) is 0 Å². The third kappa shape index (κ3) is 2.77. The predicted molar refractivity (Wildman–Crippen MR) is 66.5 cm³/mol. The first-order chi connectivity index (χ1) is 8.20. The van der Waals surface area contributed by atoms with E-state index >= 15 is 0 Å². The summed E-state index contributed by atoms with van der Waals surface area (Å²) >= 11 is 0. The number of nitrogens with one attached hydrogen (secondary N) is 2. The average molecular weight is 234 g/mol. The summed E-state index contributed by atoms with van der Waals surface area (Å²) in [6.45, 7) is 3.76. The Bertz CT molecular complexity index is 412. The number of amides is 1. The summed E-state index contributed by atoms with van der Waals surface area (Å²) in [5.41, 5.74) is 1.66. The monoisotopic (exact) mass is 234 g/mol. The maximum Gasteiger partial charge on any atom is 0.251 e. The Labute approximate surface area is 101 Å². The van der Waals surface area contributed by atoms with Gasteiger partial charge in [-0.1, -0.05) is 0 Å². The summed E-state index contributed by atoms with van der Waals surface area (Å²) in [7, 11) is 1.62. The molecule has 1 heterocycles. The zero-order chi connectivity index (χ0) is 12.3. The van der Waals surface area contributed by atoms with Gasteiger partial charge in [-0.25, -0.2) is 0 Å². The van der Waals surface area contributed by atoms with Crippen molar-refractivity contribution in [3.8, 4) is 5.75 Å². The van der Waals surface area contributed by atoms with Gasteiger partial charge < -0.3 is 15.4 Å². The summed E-state index contributed by atoms with van der Waals surface area (Å²) in [6.07, 6.45) is 1.00. The van der Waals surface area contributed by atoms with Gasteiger partial charge in [0.2, 0.25) is 0 Å². The predicted octanol–water partition coefficient (Wildman–Crippen LogP) is 1.10. The van der Waals surface area contributed by atoms with Crippen LogP contribution in [0, 0.1) is 6.92 Å².